The van der Waals surface area contributed by atoms with Crippen LogP contribution in [0, 0.1) is 6.92 Å². The van der Waals surface area contributed by atoms with Crippen LogP contribution in [-0.2, 0) is 4.18 Å². The molecule has 0 unspecified atom stereocenters. The van der Waals surface area contributed by atoms with Crippen LogP contribution < -0.4 is 0 Å². The minimum Gasteiger partial charge on any atom is -0.315 e. The summed E-state index contributed by atoms with van der Waals surface area (Å²) in [4.78, 5) is 0. The molecule has 0 amide bonds. The molecule has 0 aliphatic carbocycles. The lowest BCUT2D eigenvalue weighted by atomic mass is 10.4. The largest absolute Gasteiger partial charge is 0.315 e. The minimum atomic E-state index is 0.849. The van der Waals surface area contributed by atoms with Gasteiger partial charge in [0.15, 0.2) is 0 Å². The maximum absolute atomic E-state index is 5.10. The van der Waals surface area contributed by atoms with Crippen LogP contribution in [0.4, 0.5) is 0 Å². The molecule has 0 aromatic carbocycles. The Hall–Kier alpha value is 0.310. The maximum atomic E-state index is 5.10. The lowest BCUT2D eigenvalue weighted by Crippen LogP contribution is -1.84. The number of hydrogen-bond acceptors (Lipinski definition) is 2. The molecule has 0 spiro atoms. The Morgan fingerprint density at radius 1 is 1.62 bits per heavy atom. The number of unbranched alkanes of at least 4 members (excludes halogenated alkanes) is 1. The maximum Gasteiger partial charge on any atom is 0.0613 e. The molecule has 0 rings (SSSR count). The normalized spacial score (nSPS) is 9.75. The zero-order valence-corrected chi connectivity index (χ0v) is 6.17. The molecule has 2 heteroatoms. The van der Waals surface area contributed by atoms with Crippen molar-refractivity contribution in [2.45, 2.75) is 19.8 Å². The van der Waals surface area contributed by atoms with Gasteiger partial charge in [0.1, 0.15) is 0 Å². The first kappa shape index (κ1) is 8.31. The molecular weight excluding hydrogens is 120 g/mol. The highest BCUT2D eigenvalue weighted by atomic mass is 32.2. The molecule has 0 heterocycles. The second kappa shape index (κ2) is 7.31. The van der Waals surface area contributed by atoms with Crippen molar-refractivity contribution in [1.82, 2.24) is 0 Å². The molecular formula is C6H13OS. The standard InChI is InChI=1S/C6H13OS/c1-3-5-6-7-8-4-2/h1,3-6H2,2H3. The Morgan fingerprint density at radius 2 is 2.38 bits per heavy atom. The lowest BCUT2D eigenvalue weighted by Gasteiger charge is -1.95. The van der Waals surface area contributed by atoms with Gasteiger partial charge in [-0.15, -0.1) is 0 Å². The fourth-order valence-electron chi connectivity index (χ4n) is 0.303. The van der Waals surface area contributed by atoms with Gasteiger partial charge in [-0.05, 0) is 18.5 Å². The average molecular weight is 133 g/mol. The van der Waals surface area contributed by atoms with Crippen LogP contribution in [0.25, 0.3) is 0 Å². The van der Waals surface area contributed by atoms with Crippen LogP contribution in [0.5, 0.6) is 0 Å². The molecule has 0 aliphatic heterocycles. The van der Waals surface area contributed by atoms with Crippen molar-refractivity contribution in [1.29, 1.82) is 0 Å². The summed E-state index contributed by atoms with van der Waals surface area (Å²) in [5.41, 5.74) is 0. The van der Waals surface area contributed by atoms with Crippen LogP contribution in [-0.4, -0.2) is 12.4 Å². The second-order valence-electron chi connectivity index (χ2n) is 1.44. The van der Waals surface area contributed by atoms with E-state index >= 15 is 0 Å². The highest BCUT2D eigenvalue weighted by Gasteiger charge is 1.82. The van der Waals surface area contributed by atoms with Gasteiger partial charge in [0.25, 0.3) is 0 Å². The molecule has 0 saturated heterocycles. The molecule has 0 aromatic heterocycles. The van der Waals surface area contributed by atoms with Gasteiger partial charge < -0.3 is 4.18 Å². The quantitative estimate of drug-likeness (QED) is 0.420. The zero-order chi connectivity index (χ0) is 6.24. The molecule has 0 fully saturated rings. The lowest BCUT2D eigenvalue weighted by molar-refractivity contribution is 0.366. The number of rotatable bonds is 5. The van der Waals surface area contributed by atoms with Crippen molar-refractivity contribution in [3.63, 3.8) is 0 Å². The fourth-order valence-corrected chi connectivity index (χ4v) is 0.706. The van der Waals surface area contributed by atoms with E-state index in [0.717, 1.165) is 25.2 Å². The van der Waals surface area contributed by atoms with Gasteiger partial charge in [0.2, 0.25) is 0 Å². The summed E-state index contributed by atoms with van der Waals surface area (Å²) in [6, 6.07) is 0. The monoisotopic (exact) mass is 133 g/mol. The van der Waals surface area contributed by atoms with Gasteiger partial charge >= 0.3 is 0 Å². The average Bonchev–Trinajstić information content (AvgIpc) is 1.81. The van der Waals surface area contributed by atoms with E-state index < -0.39 is 0 Å². The van der Waals surface area contributed by atoms with E-state index in [4.69, 9.17) is 4.18 Å². The Labute approximate surface area is 56.0 Å². The highest BCUT2D eigenvalue weighted by Crippen LogP contribution is 2.01. The van der Waals surface area contributed by atoms with Gasteiger partial charge in [-0.2, -0.15) is 0 Å². The van der Waals surface area contributed by atoms with E-state index in [-0.39, 0.29) is 0 Å². The van der Waals surface area contributed by atoms with Crippen LogP contribution in [0.15, 0.2) is 0 Å². The van der Waals surface area contributed by atoms with Crippen molar-refractivity contribution < 1.29 is 4.18 Å². The van der Waals surface area contributed by atoms with E-state index in [1.165, 1.54) is 12.0 Å². The SMILES string of the molecule is [CH2]CCCOSCC. The first-order chi connectivity index (χ1) is 3.91. The summed E-state index contributed by atoms with van der Waals surface area (Å²) in [7, 11) is 0. The highest BCUT2D eigenvalue weighted by molar-refractivity contribution is 7.94. The van der Waals surface area contributed by atoms with Gasteiger partial charge in [-0.1, -0.05) is 20.3 Å². The molecule has 49 valence electrons. The summed E-state index contributed by atoms with van der Waals surface area (Å²) in [6.07, 6.45) is 2.05. The first-order valence-corrected chi connectivity index (χ1v) is 3.86. The van der Waals surface area contributed by atoms with Gasteiger partial charge in [-0.3, -0.25) is 0 Å². The summed E-state index contributed by atoms with van der Waals surface area (Å²) < 4.78 is 5.10. The Morgan fingerprint density at radius 3 is 2.88 bits per heavy atom. The Kier molecular flexibility index (Phi) is 7.59. The fraction of sp³-hybridized carbons (Fsp3) is 0.833. The van der Waals surface area contributed by atoms with Crippen LogP contribution in [0.2, 0.25) is 0 Å². The molecule has 0 N–H and O–H groups in total. The summed E-state index contributed by atoms with van der Waals surface area (Å²) in [5, 5.41) is 0. The predicted molar refractivity (Wildman–Crippen MR) is 38.7 cm³/mol. The van der Waals surface area contributed by atoms with Crippen molar-refractivity contribution in [3.8, 4) is 0 Å². The van der Waals surface area contributed by atoms with Gasteiger partial charge in [-0.25, -0.2) is 0 Å². The number of hydrogen-bond donors (Lipinski definition) is 0. The summed E-state index contributed by atoms with van der Waals surface area (Å²) in [6.45, 7) is 6.62. The van der Waals surface area contributed by atoms with Crippen LogP contribution in [0.1, 0.15) is 19.8 Å². The van der Waals surface area contributed by atoms with E-state index in [9.17, 15) is 0 Å². The van der Waals surface area contributed by atoms with Crippen molar-refractivity contribution in [3.05, 3.63) is 6.92 Å². The van der Waals surface area contributed by atoms with Crippen molar-refractivity contribution >= 4 is 12.0 Å². The first-order valence-electron chi connectivity index (χ1n) is 2.95. The Bertz CT molecular complexity index is 33.5. The van der Waals surface area contributed by atoms with E-state index in [0.29, 0.717) is 0 Å². The third kappa shape index (κ3) is 6.31. The topological polar surface area (TPSA) is 9.23 Å². The van der Waals surface area contributed by atoms with Gasteiger partial charge in [0, 0.05) is 5.75 Å². The molecule has 0 aromatic rings. The van der Waals surface area contributed by atoms with E-state index in [1.807, 2.05) is 0 Å². The van der Waals surface area contributed by atoms with Crippen LogP contribution in [0.3, 0.4) is 0 Å². The molecule has 0 bridgehead atoms. The molecule has 8 heavy (non-hydrogen) atoms. The summed E-state index contributed by atoms with van der Waals surface area (Å²) in [5.74, 6) is 1.04. The molecule has 0 aliphatic rings. The van der Waals surface area contributed by atoms with Gasteiger partial charge in [0.05, 0.1) is 6.61 Å². The third-order valence-corrected chi connectivity index (χ3v) is 1.25. The minimum absolute atomic E-state index is 0.849. The smallest absolute Gasteiger partial charge is 0.0613 e. The molecule has 1 nitrogen and oxygen atoms in total. The third-order valence-electron chi connectivity index (χ3n) is 0.679. The van der Waals surface area contributed by atoms with Crippen LogP contribution >= 0.6 is 12.0 Å². The summed E-state index contributed by atoms with van der Waals surface area (Å²) >= 11 is 1.52. The van der Waals surface area contributed by atoms with E-state index in [1.54, 1.807) is 0 Å². The molecule has 1 radical (unpaired) electrons. The predicted octanol–water partition coefficient (Wildman–Crippen LogP) is 2.29. The zero-order valence-electron chi connectivity index (χ0n) is 5.35. The molecule has 0 atom stereocenters. The Balaban J connectivity index is 2.53. The second-order valence-corrected chi connectivity index (χ2v) is 2.48. The molecule has 0 saturated carbocycles. The van der Waals surface area contributed by atoms with Crippen molar-refractivity contribution in [2.24, 2.45) is 0 Å². The van der Waals surface area contributed by atoms with Crippen molar-refractivity contribution in [2.75, 3.05) is 12.4 Å². The van der Waals surface area contributed by atoms with E-state index in [2.05, 4.69) is 13.8 Å².